The Hall–Kier alpha value is -2.48. The lowest BCUT2D eigenvalue weighted by Crippen LogP contribution is -2.06. The largest absolute Gasteiger partial charge is 0.396 e. The van der Waals surface area contributed by atoms with Crippen LogP contribution in [0.15, 0.2) is 24.4 Å². The first-order valence-corrected chi connectivity index (χ1v) is 6.23. The molecule has 0 bridgehead atoms. The molecule has 0 atom stereocenters. The van der Waals surface area contributed by atoms with Crippen molar-refractivity contribution in [3.8, 4) is 6.07 Å². The Labute approximate surface area is 112 Å². The minimum absolute atomic E-state index is 0.510. The van der Waals surface area contributed by atoms with Gasteiger partial charge in [0.05, 0.1) is 23.1 Å². The number of anilines is 2. The van der Waals surface area contributed by atoms with Crippen LogP contribution >= 0.6 is 0 Å². The van der Waals surface area contributed by atoms with Gasteiger partial charge in [-0.2, -0.15) is 10.4 Å². The molecule has 2 rings (SSSR count). The summed E-state index contributed by atoms with van der Waals surface area (Å²) in [7, 11) is 0. The third kappa shape index (κ3) is 3.05. The first-order chi connectivity index (χ1) is 9.22. The molecule has 0 aliphatic heterocycles. The number of aryl methyl sites for hydroxylation is 2. The molecule has 4 N–H and O–H groups in total. The van der Waals surface area contributed by atoms with E-state index in [1.807, 2.05) is 25.3 Å². The topological polar surface area (TPSA) is 90.5 Å². The summed E-state index contributed by atoms with van der Waals surface area (Å²) in [6.07, 6.45) is 3.81. The van der Waals surface area contributed by atoms with Crippen molar-refractivity contribution < 1.29 is 0 Å². The van der Waals surface area contributed by atoms with Crippen molar-refractivity contribution in [2.75, 3.05) is 17.6 Å². The smallest absolute Gasteiger partial charge is 0.101 e. The number of aromatic amines is 1. The van der Waals surface area contributed by atoms with E-state index in [1.165, 1.54) is 5.56 Å². The van der Waals surface area contributed by atoms with E-state index in [4.69, 9.17) is 11.0 Å². The molecule has 19 heavy (non-hydrogen) atoms. The second kappa shape index (κ2) is 5.91. The molecule has 1 heterocycles. The molecule has 0 amide bonds. The Kier molecular flexibility index (Phi) is 4.04. The lowest BCUT2D eigenvalue weighted by atomic mass is 10.1. The van der Waals surface area contributed by atoms with Crippen molar-refractivity contribution in [1.82, 2.24) is 10.2 Å². The van der Waals surface area contributed by atoms with Gasteiger partial charge >= 0.3 is 0 Å². The number of aromatic nitrogens is 2. The standard InChI is InChI=1S/C14H17N5/c1-10-12(9-18-19-10)5-3-7-17-13-6-2-4-11(8-15)14(13)16/h2,4,6,9,17H,3,5,7,16H2,1H3,(H,18,19). The summed E-state index contributed by atoms with van der Waals surface area (Å²) in [6, 6.07) is 7.52. The van der Waals surface area contributed by atoms with Crippen LogP contribution in [0.1, 0.15) is 23.2 Å². The third-order valence-corrected chi connectivity index (χ3v) is 3.10. The van der Waals surface area contributed by atoms with Gasteiger partial charge in [-0.1, -0.05) is 6.07 Å². The maximum Gasteiger partial charge on any atom is 0.101 e. The lowest BCUT2D eigenvalue weighted by molar-refractivity contribution is 0.857. The number of nitriles is 1. The summed E-state index contributed by atoms with van der Waals surface area (Å²) < 4.78 is 0. The van der Waals surface area contributed by atoms with Gasteiger partial charge in [0.1, 0.15) is 6.07 Å². The number of nitrogens with two attached hydrogens (primary N) is 1. The predicted molar refractivity (Wildman–Crippen MR) is 75.7 cm³/mol. The Bertz CT molecular complexity index is 594. The fourth-order valence-corrected chi connectivity index (χ4v) is 1.95. The molecule has 0 saturated heterocycles. The minimum Gasteiger partial charge on any atom is -0.396 e. The van der Waals surface area contributed by atoms with Crippen LogP contribution in [0.5, 0.6) is 0 Å². The Morgan fingerprint density at radius 3 is 3.00 bits per heavy atom. The second-order valence-electron chi connectivity index (χ2n) is 4.43. The van der Waals surface area contributed by atoms with Crippen molar-refractivity contribution in [3.05, 3.63) is 41.2 Å². The lowest BCUT2D eigenvalue weighted by Gasteiger charge is -2.09. The van der Waals surface area contributed by atoms with E-state index in [2.05, 4.69) is 21.6 Å². The first kappa shape index (κ1) is 13.0. The van der Waals surface area contributed by atoms with Crippen LogP contribution in [0, 0.1) is 18.3 Å². The SMILES string of the molecule is Cc1[nH]ncc1CCCNc1cccc(C#N)c1N. The molecule has 5 nitrogen and oxygen atoms in total. The number of nitrogens with zero attached hydrogens (tertiary/aromatic N) is 2. The highest BCUT2D eigenvalue weighted by Gasteiger charge is 2.04. The van der Waals surface area contributed by atoms with Crippen molar-refractivity contribution in [1.29, 1.82) is 5.26 Å². The number of H-pyrrole nitrogens is 1. The normalized spacial score (nSPS) is 10.1. The van der Waals surface area contributed by atoms with Gasteiger partial charge in [0, 0.05) is 12.2 Å². The molecule has 1 aromatic heterocycles. The summed E-state index contributed by atoms with van der Waals surface area (Å²) >= 11 is 0. The van der Waals surface area contributed by atoms with Gasteiger partial charge in [-0.3, -0.25) is 5.10 Å². The molecule has 5 heteroatoms. The fraction of sp³-hybridized carbons (Fsp3) is 0.286. The van der Waals surface area contributed by atoms with Gasteiger partial charge in [0.25, 0.3) is 0 Å². The molecule has 2 aromatic rings. The van der Waals surface area contributed by atoms with Crippen molar-refractivity contribution in [3.63, 3.8) is 0 Å². The quantitative estimate of drug-likeness (QED) is 0.564. The Morgan fingerprint density at radius 2 is 2.32 bits per heavy atom. The number of para-hydroxylation sites is 1. The van der Waals surface area contributed by atoms with Gasteiger partial charge in [-0.25, -0.2) is 0 Å². The molecular weight excluding hydrogens is 238 g/mol. The second-order valence-corrected chi connectivity index (χ2v) is 4.43. The minimum atomic E-state index is 0.510. The number of nitrogens with one attached hydrogen (secondary N) is 2. The van der Waals surface area contributed by atoms with Crippen molar-refractivity contribution in [2.24, 2.45) is 0 Å². The fourth-order valence-electron chi connectivity index (χ4n) is 1.95. The number of nitrogen functional groups attached to an aromatic ring is 1. The highest BCUT2D eigenvalue weighted by Crippen LogP contribution is 2.21. The van der Waals surface area contributed by atoms with Gasteiger partial charge in [0.2, 0.25) is 0 Å². The van der Waals surface area contributed by atoms with Gasteiger partial charge in [-0.05, 0) is 37.5 Å². The molecular formula is C14H17N5. The Balaban J connectivity index is 1.87. The Morgan fingerprint density at radius 1 is 1.47 bits per heavy atom. The van der Waals surface area contributed by atoms with E-state index in [-0.39, 0.29) is 0 Å². The monoisotopic (exact) mass is 255 g/mol. The van der Waals surface area contributed by atoms with Crippen LogP contribution < -0.4 is 11.1 Å². The molecule has 0 saturated carbocycles. The molecule has 0 spiro atoms. The van der Waals surface area contributed by atoms with E-state index < -0.39 is 0 Å². The van der Waals surface area contributed by atoms with Gasteiger partial charge in [0.15, 0.2) is 0 Å². The summed E-state index contributed by atoms with van der Waals surface area (Å²) in [4.78, 5) is 0. The van der Waals surface area contributed by atoms with Crippen LogP contribution in [0.25, 0.3) is 0 Å². The molecule has 0 unspecified atom stereocenters. The van der Waals surface area contributed by atoms with Crippen LogP contribution in [0.2, 0.25) is 0 Å². The highest BCUT2D eigenvalue weighted by atomic mass is 15.1. The molecule has 98 valence electrons. The number of benzene rings is 1. The van der Waals surface area contributed by atoms with Crippen molar-refractivity contribution in [2.45, 2.75) is 19.8 Å². The van der Waals surface area contributed by atoms with Crippen LogP contribution in [-0.4, -0.2) is 16.7 Å². The average Bonchev–Trinajstić information content (AvgIpc) is 2.82. The summed E-state index contributed by atoms with van der Waals surface area (Å²) in [5.74, 6) is 0. The van der Waals surface area contributed by atoms with Crippen molar-refractivity contribution >= 4 is 11.4 Å². The van der Waals surface area contributed by atoms with Crippen LogP contribution in [-0.2, 0) is 6.42 Å². The van der Waals surface area contributed by atoms with E-state index in [1.54, 1.807) is 6.07 Å². The first-order valence-electron chi connectivity index (χ1n) is 6.23. The zero-order valence-corrected chi connectivity index (χ0v) is 10.9. The van der Waals surface area contributed by atoms with Crippen LogP contribution in [0.3, 0.4) is 0 Å². The molecule has 1 aromatic carbocycles. The maximum atomic E-state index is 8.90. The van der Waals surface area contributed by atoms with E-state index in [0.29, 0.717) is 11.3 Å². The third-order valence-electron chi connectivity index (χ3n) is 3.10. The molecule has 0 fully saturated rings. The zero-order valence-electron chi connectivity index (χ0n) is 10.9. The number of hydrogen-bond donors (Lipinski definition) is 3. The number of rotatable bonds is 5. The zero-order chi connectivity index (χ0) is 13.7. The van der Waals surface area contributed by atoms with Crippen LogP contribution in [0.4, 0.5) is 11.4 Å². The maximum absolute atomic E-state index is 8.90. The van der Waals surface area contributed by atoms with Gasteiger partial charge < -0.3 is 11.1 Å². The average molecular weight is 255 g/mol. The van der Waals surface area contributed by atoms with E-state index in [9.17, 15) is 0 Å². The summed E-state index contributed by atoms with van der Waals surface area (Å²) in [5, 5.41) is 19.1. The van der Waals surface area contributed by atoms with E-state index in [0.717, 1.165) is 30.8 Å². The molecule has 0 aliphatic rings. The van der Waals surface area contributed by atoms with Gasteiger partial charge in [-0.15, -0.1) is 0 Å². The number of hydrogen-bond acceptors (Lipinski definition) is 4. The molecule has 0 radical (unpaired) electrons. The molecule has 0 aliphatic carbocycles. The predicted octanol–water partition coefficient (Wildman–Crippen LogP) is 2.22. The highest BCUT2D eigenvalue weighted by molar-refractivity contribution is 5.72. The summed E-state index contributed by atoms with van der Waals surface area (Å²) in [6.45, 7) is 2.83. The summed E-state index contributed by atoms with van der Waals surface area (Å²) in [5.41, 5.74) is 10.1. The van der Waals surface area contributed by atoms with E-state index >= 15 is 0 Å².